The van der Waals surface area contributed by atoms with Gasteiger partial charge in [-0.05, 0) is 32.8 Å². The van der Waals surface area contributed by atoms with Crippen LogP contribution in [0.5, 0.6) is 0 Å². The molecule has 0 unspecified atom stereocenters. The van der Waals surface area contributed by atoms with Gasteiger partial charge in [-0.15, -0.1) is 0 Å². The first-order valence-corrected chi connectivity index (χ1v) is 10.4. The highest BCUT2D eigenvalue weighted by atomic mass is 32.2. The van der Waals surface area contributed by atoms with Gasteiger partial charge in [0, 0.05) is 32.9 Å². The molecule has 1 saturated heterocycles. The minimum atomic E-state index is -3.65. The highest BCUT2D eigenvalue weighted by Gasteiger charge is 2.34. The molecule has 0 aromatic carbocycles. The van der Waals surface area contributed by atoms with Crippen molar-refractivity contribution in [2.24, 2.45) is 20.0 Å². The number of nitrogens with one attached hydrogen (secondary N) is 1. The average Bonchev–Trinajstić information content (AvgIpc) is 3.15. The Bertz CT molecular complexity index is 927. The molecule has 27 heavy (non-hydrogen) atoms. The third kappa shape index (κ3) is 3.91. The molecule has 148 valence electrons. The SMILES string of the molecule is Cc1cc(CNC(=O)[C@@H]2CCCN(S(=O)(=O)c3cnn(C)c3C)C2)nn1C. The largest absolute Gasteiger partial charge is 0.350 e. The lowest BCUT2D eigenvalue weighted by molar-refractivity contribution is -0.126. The van der Waals surface area contributed by atoms with Crippen LogP contribution in [0.25, 0.3) is 0 Å². The molecule has 0 bridgehead atoms. The Morgan fingerprint density at radius 1 is 1.30 bits per heavy atom. The van der Waals surface area contributed by atoms with Gasteiger partial charge in [0.05, 0.1) is 30.0 Å². The van der Waals surface area contributed by atoms with Crippen LogP contribution >= 0.6 is 0 Å². The molecule has 0 spiro atoms. The summed E-state index contributed by atoms with van der Waals surface area (Å²) in [6.45, 7) is 4.61. The summed E-state index contributed by atoms with van der Waals surface area (Å²) in [6.07, 6.45) is 2.70. The number of carbonyl (C=O) groups excluding carboxylic acids is 1. The van der Waals surface area contributed by atoms with E-state index in [1.807, 2.05) is 20.0 Å². The van der Waals surface area contributed by atoms with Gasteiger partial charge in [0.2, 0.25) is 15.9 Å². The summed E-state index contributed by atoms with van der Waals surface area (Å²) in [5.41, 5.74) is 2.39. The van der Waals surface area contributed by atoms with E-state index in [0.717, 1.165) is 11.4 Å². The summed E-state index contributed by atoms with van der Waals surface area (Å²) in [4.78, 5) is 12.8. The Labute approximate surface area is 159 Å². The lowest BCUT2D eigenvalue weighted by Crippen LogP contribution is -2.45. The van der Waals surface area contributed by atoms with E-state index in [1.165, 1.54) is 15.2 Å². The van der Waals surface area contributed by atoms with Crippen molar-refractivity contribution >= 4 is 15.9 Å². The molecule has 1 amide bonds. The Balaban J connectivity index is 1.66. The molecule has 0 aliphatic carbocycles. The quantitative estimate of drug-likeness (QED) is 0.795. The zero-order valence-corrected chi connectivity index (χ0v) is 17.0. The fraction of sp³-hybridized carbons (Fsp3) is 0.588. The second kappa shape index (κ2) is 7.43. The molecule has 3 rings (SSSR count). The van der Waals surface area contributed by atoms with Crippen molar-refractivity contribution in [2.45, 2.75) is 38.1 Å². The zero-order chi connectivity index (χ0) is 19.8. The number of aryl methyl sites for hydroxylation is 3. The smallest absolute Gasteiger partial charge is 0.246 e. The molecule has 1 N–H and O–H groups in total. The van der Waals surface area contributed by atoms with Crippen molar-refractivity contribution in [3.8, 4) is 0 Å². The van der Waals surface area contributed by atoms with E-state index in [2.05, 4.69) is 15.5 Å². The number of aromatic nitrogens is 4. The van der Waals surface area contributed by atoms with E-state index in [9.17, 15) is 13.2 Å². The summed E-state index contributed by atoms with van der Waals surface area (Å²) < 4.78 is 30.6. The second-order valence-corrected chi connectivity index (χ2v) is 8.94. The summed E-state index contributed by atoms with van der Waals surface area (Å²) >= 11 is 0. The van der Waals surface area contributed by atoms with Crippen LogP contribution in [0.3, 0.4) is 0 Å². The standard InChI is InChI=1S/C17H26N6O3S/c1-12-8-15(20-21(12)3)9-18-17(24)14-6-5-7-23(11-14)27(25,26)16-10-19-22(4)13(16)2/h8,10,14H,5-7,9,11H2,1-4H3,(H,18,24)/t14-/m1/s1. The normalized spacial score (nSPS) is 18.6. The van der Waals surface area contributed by atoms with Crippen LogP contribution in [0, 0.1) is 19.8 Å². The third-order valence-corrected chi connectivity index (χ3v) is 7.14. The van der Waals surface area contributed by atoms with Crippen LogP contribution < -0.4 is 5.32 Å². The summed E-state index contributed by atoms with van der Waals surface area (Å²) in [5.74, 6) is -0.503. The molecule has 9 nitrogen and oxygen atoms in total. The van der Waals surface area contributed by atoms with E-state index in [4.69, 9.17) is 0 Å². The van der Waals surface area contributed by atoms with Gasteiger partial charge in [0.15, 0.2) is 0 Å². The van der Waals surface area contributed by atoms with Crippen molar-refractivity contribution in [3.05, 3.63) is 29.3 Å². The number of carbonyl (C=O) groups is 1. The van der Waals surface area contributed by atoms with Crippen molar-refractivity contribution in [1.29, 1.82) is 0 Å². The summed E-state index contributed by atoms with van der Waals surface area (Å²) in [6, 6.07) is 1.92. The molecule has 3 heterocycles. The first-order valence-electron chi connectivity index (χ1n) is 8.96. The fourth-order valence-corrected chi connectivity index (χ4v) is 5.00. The molecule has 2 aromatic heterocycles. The Hall–Kier alpha value is -2.20. The molecule has 1 fully saturated rings. The molecule has 0 radical (unpaired) electrons. The van der Waals surface area contributed by atoms with Gasteiger partial charge < -0.3 is 5.32 Å². The van der Waals surface area contributed by atoms with Crippen molar-refractivity contribution < 1.29 is 13.2 Å². The van der Waals surface area contributed by atoms with Gasteiger partial charge in [-0.2, -0.15) is 14.5 Å². The van der Waals surface area contributed by atoms with Gasteiger partial charge in [-0.25, -0.2) is 8.42 Å². The third-order valence-electron chi connectivity index (χ3n) is 5.17. The zero-order valence-electron chi connectivity index (χ0n) is 16.1. The number of amides is 1. The molecular weight excluding hydrogens is 368 g/mol. The molecular formula is C17H26N6O3S. The Kier molecular flexibility index (Phi) is 5.38. The molecule has 1 atom stereocenters. The highest BCUT2D eigenvalue weighted by Crippen LogP contribution is 2.25. The Morgan fingerprint density at radius 2 is 2.04 bits per heavy atom. The maximum Gasteiger partial charge on any atom is 0.246 e. The molecule has 2 aromatic rings. The van der Waals surface area contributed by atoms with E-state index in [0.29, 0.717) is 31.6 Å². The Morgan fingerprint density at radius 3 is 2.63 bits per heavy atom. The van der Waals surface area contributed by atoms with Crippen LogP contribution in [0.1, 0.15) is 29.9 Å². The predicted octanol–water partition coefficient (Wildman–Crippen LogP) is 0.488. The molecule has 1 aliphatic rings. The van der Waals surface area contributed by atoms with Crippen LogP contribution in [0.4, 0.5) is 0 Å². The first-order chi connectivity index (χ1) is 12.7. The van der Waals surface area contributed by atoms with E-state index in [-0.39, 0.29) is 23.3 Å². The summed E-state index contributed by atoms with van der Waals surface area (Å²) in [7, 11) is -0.0928. The van der Waals surface area contributed by atoms with Crippen molar-refractivity contribution in [2.75, 3.05) is 13.1 Å². The van der Waals surface area contributed by atoms with Crippen LogP contribution in [-0.2, 0) is 35.5 Å². The average molecular weight is 395 g/mol. The second-order valence-electron chi connectivity index (χ2n) is 7.04. The molecule has 10 heteroatoms. The minimum Gasteiger partial charge on any atom is -0.350 e. The van der Waals surface area contributed by atoms with E-state index >= 15 is 0 Å². The maximum atomic E-state index is 12.9. The van der Waals surface area contributed by atoms with Crippen LogP contribution in [0.2, 0.25) is 0 Å². The molecule has 0 saturated carbocycles. The van der Waals surface area contributed by atoms with Crippen molar-refractivity contribution in [3.63, 3.8) is 0 Å². The number of hydrogen-bond donors (Lipinski definition) is 1. The predicted molar refractivity (Wildman–Crippen MR) is 99.2 cm³/mol. The van der Waals surface area contributed by atoms with Crippen LogP contribution in [-0.4, -0.2) is 51.3 Å². The van der Waals surface area contributed by atoms with E-state index in [1.54, 1.807) is 18.7 Å². The number of rotatable bonds is 5. The monoisotopic (exact) mass is 394 g/mol. The number of hydrogen-bond acceptors (Lipinski definition) is 5. The minimum absolute atomic E-state index is 0.138. The lowest BCUT2D eigenvalue weighted by Gasteiger charge is -2.31. The van der Waals surface area contributed by atoms with Gasteiger partial charge >= 0.3 is 0 Å². The number of sulfonamides is 1. The van der Waals surface area contributed by atoms with Gasteiger partial charge in [-0.1, -0.05) is 0 Å². The first kappa shape index (κ1) is 19.6. The van der Waals surface area contributed by atoms with Gasteiger partial charge in [0.1, 0.15) is 4.90 Å². The van der Waals surface area contributed by atoms with Gasteiger partial charge in [0.25, 0.3) is 0 Å². The van der Waals surface area contributed by atoms with E-state index < -0.39 is 10.0 Å². The maximum absolute atomic E-state index is 12.9. The highest BCUT2D eigenvalue weighted by molar-refractivity contribution is 7.89. The summed E-state index contributed by atoms with van der Waals surface area (Å²) in [5, 5.41) is 11.2. The fourth-order valence-electron chi connectivity index (χ4n) is 3.29. The lowest BCUT2D eigenvalue weighted by atomic mass is 9.99. The van der Waals surface area contributed by atoms with Crippen molar-refractivity contribution in [1.82, 2.24) is 29.2 Å². The van der Waals surface area contributed by atoms with Gasteiger partial charge in [-0.3, -0.25) is 14.2 Å². The molecule has 1 aliphatic heterocycles. The topological polar surface area (TPSA) is 102 Å². The van der Waals surface area contributed by atoms with Crippen LogP contribution in [0.15, 0.2) is 17.2 Å². The number of nitrogens with zero attached hydrogens (tertiary/aromatic N) is 5. The number of piperidine rings is 1.